The number of rotatable bonds is 2. The SMILES string of the molecule is O=C(Nc1c(Cl)cccc1Cl)c1cc(Br)ccn1. The van der Waals surface area contributed by atoms with Gasteiger partial charge >= 0.3 is 0 Å². The van der Waals surface area contributed by atoms with Gasteiger partial charge in [0.05, 0.1) is 15.7 Å². The van der Waals surface area contributed by atoms with Gasteiger partial charge in [-0.2, -0.15) is 0 Å². The highest BCUT2D eigenvalue weighted by atomic mass is 79.9. The van der Waals surface area contributed by atoms with E-state index < -0.39 is 0 Å². The number of carbonyl (C=O) groups is 1. The van der Waals surface area contributed by atoms with Gasteiger partial charge in [0.2, 0.25) is 0 Å². The minimum absolute atomic E-state index is 0.278. The molecular weight excluding hydrogens is 339 g/mol. The van der Waals surface area contributed by atoms with E-state index in [0.717, 1.165) is 4.47 Å². The maximum Gasteiger partial charge on any atom is 0.274 e. The van der Waals surface area contributed by atoms with Crippen LogP contribution in [0.15, 0.2) is 41.0 Å². The number of hydrogen-bond donors (Lipinski definition) is 1. The molecule has 18 heavy (non-hydrogen) atoms. The van der Waals surface area contributed by atoms with Gasteiger partial charge in [-0.05, 0) is 24.3 Å². The van der Waals surface area contributed by atoms with Gasteiger partial charge < -0.3 is 5.32 Å². The van der Waals surface area contributed by atoms with Crippen molar-refractivity contribution in [1.29, 1.82) is 0 Å². The van der Waals surface area contributed by atoms with Crippen molar-refractivity contribution in [2.75, 3.05) is 5.32 Å². The molecule has 0 aliphatic heterocycles. The second-order valence-electron chi connectivity index (χ2n) is 3.41. The molecule has 0 radical (unpaired) electrons. The van der Waals surface area contributed by atoms with Crippen molar-refractivity contribution in [3.8, 4) is 0 Å². The number of amides is 1. The molecule has 92 valence electrons. The first-order valence-electron chi connectivity index (χ1n) is 4.95. The van der Waals surface area contributed by atoms with E-state index in [4.69, 9.17) is 23.2 Å². The third-order valence-electron chi connectivity index (χ3n) is 2.16. The van der Waals surface area contributed by atoms with Crippen molar-refractivity contribution in [3.63, 3.8) is 0 Å². The summed E-state index contributed by atoms with van der Waals surface area (Å²) < 4.78 is 0.771. The van der Waals surface area contributed by atoms with Crippen molar-refractivity contribution >= 4 is 50.7 Å². The molecule has 0 unspecified atom stereocenters. The summed E-state index contributed by atoms with van der Waals surface area (Å²) in [6.45, 7) is 0. The zero-order valence-electron chi connectivity index (χ0n) is 8.95. The van der Waals surface area contributed by atoms with Gasteiger partial charge in [0, 0.05) is 10.7 Å². The smallest absolute Gasteiger partial charge is 0.274 e. The average molecular weight is 346 g/mol. The van der Waals surface area contributed by atoms with E-state index >= 15 is 0 Å². The van der Waals surface area contributed by atoms with Crippen molar-refractivity contribution in [3.05, 3.63) is 56.7 Å². The van der Waals surface area contributed by atoms with E-state index in [0.29, 0.717) is 15.7 Å². The van der Waals surface area contributed by atoms with E-state index in [9.17, 15) is 4.79 Å². The van der Waals surface area contributed by atoms with Crippen LogP contribution in [0.25, 0.3) is 0 Å². The minimum Gasteiger partial charge on any atom is -0.318 e. The second-order valence-corrected chi connectivity index (χ2v) is 5.14. The third-order valence-corrected chi connectivity index (χ3v) is 3.28. The lowest BCUT2D eigenvalue weighted by Crippen LogP contribution is -2.14. The molecule has 2 rings (SSSR count). The number of carbonyl (C=O) groups excluding carboxylic acids is 1. The standard InChI is InChI=1S/C12H7BrCl2N2O/c13-7-4-5-16-10(6-7)12(18)17-11-8(14)2-1-3-9(11)15/h1-6H,(H,17,18). The fourth-order valence-corrected chi connectivity index (χ4v) is 2.15. The highest BCUT2D eigenvalue weighted by Gasteiger charge is 2.12. The molecule has 0 saturated heterocycles. The van der Waals surface area contributed by atoms with Gasteiger partial charge in [0.25, 0.3) is 5.91 Å². The lowest BCUT2D eigenvalue weighted by Gasteiger charge is -2.08. The minimum atomic E-state index is -0.369. The van der Waals surface area contributed by atoms with Crippen LogP contribution in [-0.4, -0.2) is 10.9 Å². The number of aromatic nitrogens is 1. The van der Waals surface area contributed by atoms with E-state index in [1.807, 2.05) is 0 Å². The Morgan fingerprint density at radius 2 is 1.89 bits per heavy atom. The van der Waals surface area contributed by atoms with Crippen LogP contribution in [0.1, 0.15) is 10.5 Å². The topological polar surface area (TPSA) is 42.0 Å². The van der Waals surface area contributed by atoms with Gasteiger partial charge in [-0.1, -0.05) is 45.2 Å². The Hall–Kier alpha value is -1.10. The zero-order valence-corrected chi connectivity index (χ0v) is 12.1. The molecule has 6 heteroatoms. The maximum absolute atomic E-state index is 12.0. The molecule has 0 spiro atoms. The largest absolute Gasteiger partial charge is 0.318 e. The highest BCUT2D eigenvalue weighted by Crippen LogP contribution is 2.30. The van der Waals surface area contributed by atoms with Crippen molar-refractivity contribution < 1.29 is 4.79 Å². The fourth-order valence-electron chi connectivity index (χ4n) is 1.32. The van der Waals surface area contributed by atoms with Gasteiger partial charge in [-0.3, -0.25) is 9.78 Å². The summed E-state index contributed by atoms with van der Waals surface area (Å²) >= 11 is 15.2. The van der Waals surface area contributed by atoms with Crippen LogP contribution >= 0.6 is 39.1 Å². The molecule has 0 aliphatic rings. The third kappa shape index (κ3) is 3.02. The lowest BCUT2D eigenvalue weighted by atomic mass is 10.3. The van der Waals surface area contributed by atoms with Crippen LogP contribution in [-0.2, 0) is 0 Å². The zero-order chi connectivity index (χ0) is 13.1. The van der Waals surface area contributed by atoms with Crippen LogP contribution in [0.2, 0.25) is 10.0 Å². The Bertz CT molecular complexity index is 584. The summed E-state index contributed by atoms with van der Waals surface area (Å²) in [5.74, 6) is -0.369. The van der Waals surface area contributed by atoms with Gasteiger partial charge in [0.15, 0.2) is 0 Å². The molecule has 0 bridgehead atoms. The number of anilines is 1. The predicted octanol–water partition coefficient (Wildman–Crippen LogP) is 4.40. The van der Waals surface area contributed by atoms with Crippen molar-refractivity contribution in [1.82, 2.24) is 4.98 Å². The fraction of sp³-hybridized carbons (Fsp3) is 0. The van der Waals surface area contributed by atoms with E-state index in [1.165, 1.54) is 6.20 Å². The van der Waals surface area contributed by atoms with Crippen molar-refractivity contribution in [2.45, 2.75) is 0 Å². The molecule has 3 nitrogen and oxygen atoms in total. The number of nitrogens with zero attached hydrogens (tertiary/aromatic N) is 1. The Morgan fingerprint density at radius 1 is 1.22 bits per heavy atom. The van der Waals surface area contributed by atoms with Crippen LogP contribution < -0.4 is 5.32 Å². The number of benzene rings is 1. The molecule has 0 saturated carbocycles. The molecule has 1 N–H and O–H groups in total. The first-order valence-corrected chi connectivity index (χ1v) is 6.50. The van der Waals surface area contributed by atoms with Gasteiger partial charge in [-0.15, -0.1) is 0 Å². The molecule has 2 aromatic rings. The molecule has 0 aliphatic carbocycles. The quantitative estimate of drug-likeness (QED) is 0.876. The summed E-state index contributed by atoms with van der Waals surface area (Å²) in [7, 11) is 0. The number of pyridine rings is 1. The van der Waals surface area contributed by atoms with Crippen LogP contribution in [0.3, 0.4) is 0 Å². The molecular formula is C12H7BrCl2N2O. The van der Waals surface area contributed by atoms with Gasteiger partial charge in [0.1, 0.15) is 5.69 Å². The Balaban J connectivity index is 2.27. The first kappa shape index (κ1) is 13.3. The summed E-state index contributed by atoms with van der Waals surface area (Å²) in [5.41, 5.74) is 0.660. The van der Waals surface area contributed by atoms with E-state index in [1.54, 1.807) is 30.3 Å². The first-order chi connectivity index (χ1) is 8.58. The van der Waals surface area contributed by atoms with E-state index in [-0.39, 0.29) is 11.6 Å². The molecule has 1 aromatic carbocycles. The van der Waals surface area contributed by atoms with Gasteiger partial charge in [-0.25, -0.2) is 0 Å². The van der Waals surface area contributed by atoms with Crippen LogP contribution in [0.5, 0.6) is 0 Å². The summed E-state index contributed by atoms with van der Waals surface area (Å²) in [4.78, 5) is 15.9. The Labute approximate surface area is 122 Å². The number of halogens is 3. The number of nitrogens with one attached hydrogen (secondary N) is 1. The van der Waals surface area contributed by atoms with Crippen molar-refractivity contribution in [2.24, 2.45) is 0 Å². The lowest BCUT2D eigenvalue weighted by molar-refractivity contribution is 0.102. The Kier molecular flexibility index (Phi) is 4.22. The monoisotopic (exact) mass is 344 g/mol. The predicted molar refractivity (Wildman–Crippen MR) is 76.4 cm³/mol. The number of para-hydroxylation sites is 1. The van der Waals surface area contributed by atoms with Crippen LogP contribution in [0.4, 0.5) is 5.69 Å². The molecule has 0 atom stereocenters. The molecule has 1 heterocycles. The van der Waals surface area contributed by atoms with E-state index in [2.05, 4.69) is 26.2 Å². The summed E-state index contributed by atoms with van der Waals surface area (Å²) in [6, 6.07) is 8.35. The van der Waals surface area contributed by atoms with Crippen LogP contribution in [0, 0.1) is 0 Å². The highest BCUT2D eigenvalue weighted by molar-refractivity contribution is 9.10. The maximum atomic E-state index is 12.0. The average Bonchev–Trinajstić information content (AvgIpc) is 2.34. The normalized spacial score (nSPS) is 10.2. The molecule has 0 fully saturated rings. The number of hydrogen-bond acceptors (Lipinski definition) is 2. The summed E-state index contributed by atoms with van der Waals surface area (Å²) in [6.07, 6.45) is 1.53. The summed E-state index contributed by atoms with van der Waals surface area (Å²) in [5, 5.41) is 3.40. The second kappa shape index (κ2) is 5.69. The molecule has 1 amide bonds. The molecule has 1 aromatic heterocycles. The Morgan fingerprint density at radius 3 is 2.50 bits per heavy atom.